The molecule has 0 aliphatic heterocycles. The summed E-state index contributed by atoms with van der Waals surface area (Å²) in [4.78, 5) is 38.3. The zero-order valence-electron chi connectivity index (χ0n) is 54.0. The van der Waals surface area contributed by atoms with Gasteiger partial charge in [0.15, 0.2) is 6.10 Å². The van der Waals surface area contributed by atoms with Crippen LogP contribution in [-0.4, -0.2) is 37.2 Å². The lowest BCUT2D eigenvalue weighted by molar-refractivity contribution is -0.167. The second-order valence-electron chi connectivity index (χ2n) is 23.0. The molecule has 0 aliphatic rings. The van der Waals surface area contributed by atoms with Gasteiger partial charge in [-0.3, -0.25) is 14.4 Å². The van der Waals surface area contributed by atoms with Crippen molar-refractivity contribution in [1.29, 1.82) is 0 Å². The molecule has 0 spiro atoms. The molecule has 0 N–H and O–H groups in total. The first-order chi connectivity index (χ1) is 40.5. The van der Waals surface area contributed by atoms with Gasteiger partial charge in [0.2, 0.25) is 0 Å². The Bertz CT molecular complexity index is 1640. The van der Waals surface area contributed by atoms with Gasteiger partial charge in [0.1, 0.15) is 13.2 Å². The van der Waals surface area contributed by atoms with E-state index in [0.717, 1.165) is 116 Å². The first-order valence-corrected chi connectivity index (χ1v) is 34.9. The molecule has 0 radical (unpaired) electrons. The normalized spacial score (nSPS) is 12.8. The molecule has 0 rings (SSSR count). The van der Waals surface area contributed by atoms with E-state index in [4.69, 9.17) is 14.2 Å². The molecule has 0 heterocycles. The van der Waals surface area contributed by atoms with Crippen LogP contribution in [0, 0.1) is 0 Å². The summed E-state index contributed by atoms with van der Waals surface area (Å²) >= 11 is 0. The largest absolute Gasteiger partial charge is 0.462 e. The average molecular weight is 1140 g/mol. The van der Waals surface area contributed by atoms with Crippen LogP contribution in [0.5, 0.6) is 0 Å². The van der Waals surface area contributed by atoms with Gasteiger partial charge in [-0.25, -0.2) is 0 Å². The van der Waals surface area contributed by atoms with Crippen molar-refractivity contribution in [3.63, 3.8) is 0 Å². The number of esters is 3. The van der Waals surface area contributed by atoms with E-state index in [0.29, 0.717) is 19.3 Å². The lowest BCUT2D eigenvalue weighted by atomic mass is 10.0. The second kappa shape index (κ2) is 69.6. The van der Waals surface area contributed by atoms with E-state index in [9.17, 15) is 14.4 Å². The van der Waals surface area contributed by atoms with Gasteiger partial charge in [0.05, 0.1) is 0 Å². The molecule has 0 saturated heterocycles. The number of carbonyl (C=O) groups is 3. The van der Waals surface area contributed by atoms with Crippen molar-refractivity contribution in [2.24, 2.45) is 0 Å². The summed E-state index contributed by atoms with van der Waals surface area (Å²) in [5.74, 6) is -0.866. The maximum absolute atomic E-state index is 12.9. The molecule has 0 aromatic rings. The van der Waals surface area contributed by atoms with Crippen LogP contribution in [0.15, 0.2) is 109 Å². The zero-order valence-corrected chi connectivity index (χ0v) is 54.0. The minimum Gasteiger partial charge on any atom is -0.462 e. The van der Waals surface area contributed by atoms with Gasteiger partial charge in [-0.1, -0.05) is 323 Å². The van der Waals surface area contributed by atoms with Crippen molar-refractivity contribution in [1.82, 2.24) is 0 Å². The van der Waals surface area contributed by atoms with Crippen LogP contribution in [-0.2, 0) is 28.6 Å². The Morgan fingerprint density at radius 1 is 0.256 bits per heavy atom. The first kappa shape index (κ1) is 78.1. The molecule has 0 aromatic heterocycles. The molecule has 0 saturated carbocycles. The molecular weight excluding hydrogens is 1010 g/mol. The molecule has 1 unspecified atom stereocenters. The van der Waals surface area contributed by atoms with Crippen LogP contribution in [0.3, 0.4) is 0 Å². The maximum atomic E-state index is 12.9. The van der Waals surface area contributed by atoms with Gasteiger partial charge in [0, 0.05) is 19.3 Å². The fraction of sp³-hybridized carbons (Fsp3) is 0.724. The Morgan fingerprint density at radius 2 is 0.476 bits per heavy atom. The fourth-order valence-corrected chi connectivity index (χ4v) is 9.88. The molecule has 0 aromatic carbocycles. The summed E-state index contributed by atoms with van der Waals surface area (Å²) < 4.78 is 17.0. The summed E-state index contributed by atoms with van der Waals surface area (Å²) in [5, 5.41) is 0. The summed E-state index contributed by atoms with van der Waals surface area (Å²) in [6.45, 7) is 6.43. The number of rotatable bonds is 63. The van der Waals surface area contributed by atoms with E-state index >= 15 is 0 Å². The highest BCUT2D eigenvalue weighted by Crippen LogP contribution is 2.17. The molecule has 1 atom stereocenters. The average Bonchev–Trinajstić information content (AvgIpc) is 3.48. The van der Waals surface area contributed by atoms with Gasteiger partial charge in [-0.2, -0.15) is 0 Å². The van der Waals surface area contributed by atoms with Crippen LogP contribution < -0.4 is 0 Å². The Labute approximate surface area is 508 Å². The van der Waals surface area contributed by atoms with Crippen molar-refractivity contribution in [2.75, 3.05) is 13.2 Å². The Kier molecular flexibility index (Phi) is 66.2. The Morgan fingerprint density at radius 3 is 0.744 bits per heavy atom. The van der Waals surface area contributed by atoms with E-state index in [2.05, 4.69) is 130 Å². The van der Waals surface area contributed by atoms with Gasteiger partial charge in [0.25, 0.3) is 0 Å². The van der Waals surface area contributed by atoms with Crippen LogP contribution in [0.2, 0.25) is 0 Å². The van der Waals surface area contributed by atoms with Crippen molar-refractivity contribution in [3.8, 4) is 0 Å². The second-order valence-corrected chi connectivity index (χ2v) is 23.0. The van der Waals surface area contributed by atoms with Crippen LogP contribution >= 0.6 is 0 Å². The van der Waals surface area contributed by atoms with Gasteiger partial charge >= 0.3 is 17.9 Å². The topological polar surface area (TPSA) is 78.9 Å². The molecule has 470 valence electrons. The number of allylic oxidation sites excluding steroid dienone is 18. The molecular formula is C76H130O6. The van der Waals surface area contributed by atoms with Crippen molar-refractivity contribution in [2.45, 2.75) is 341 Å². The Hall–Kier alpha value is -3.93. The molecule has 6 nitrogen and oxygen atoms in total. The molecule has 0 fully saturated rings. The molecule has 0 bridgehead atoms. The van der Waals surface area contributed by atoms with Crippen molar-refractivity contribution >= 4 is 17.9 Å². The SMILES string of the molecule is CC/C=C\C/C=C\C/C=C\C/C=C\C/C=C\CCCCCCCCCCCCCCCC(=O)OCC(COC(=O)CCCCCCCCCCCC)OC(=O)CCCCCCCCCCCCCC/C=C\C/C=C\C/C=C\C/C=C\CC. The predicted octanol–water partition coefficient (Wildman–Crippen LogP) is 24.2. The third-order valence-electron chi connectivity index (χ3n) is 15.0. The minimum atomic E-state index is -0.779. The van der Waals surface area contributed by atoms with E-state index in [-0.39, 0.29) is 31.1 Å². The molecule has 0 aliphatic carbocycles. The first-order valence-electron chi connectivity index (χ1n) is 34.9. The quantitative estimate of drug-likeness (QED) is 0.0261. The third kappa shape index (κ3) is 66.9. The molecule has 0 amide bonds. The van der Waals surface area contributed by atoms with Crippen LogP contribution in [0.4, 0.5) is 0 Å². The highest BCUT2D eigenvalue weighted by Gasteiger charge is 2.19. The Balaban J connectivity index is 4.19. The summed E-state index contributed by atoms with van der Waals surface area (Å²) in [6.07, 6.45) is 95.5. The van der Waals surface area contributed by atoms with Gasteiger partial charge in [-0.05, 0) is 103 Å². The minimum absolute atomic E-state index is 0.0753. The van der Waals surface area contributed by atoms with Gasteiger partial charge in [-0.15, -0.1) is 0 Å². The van der Waals surface area contributed by atoms with Crippen molar-refractivity contribution in [3.05, 3.63) is 109 Å². The number of ether oxygens (including phenoxy) is 3. The maximum Gasteiger partial charge on any atom is 0.306 e. The highest BCUT2D eigenvalue weighted by molar-refractivity contribution is 5.71. The third-order valence-corrected chi connectivity index (χ3v) is 15.0. The number of carbonyl (C=O) groups excluding carboxylic acids is 3. The summed E-state index contributed by atoms with van der Waals surface area (Å²) in [5.41, 5.74) is 0. The van der Waals surface area contributed by atoms with E-state index in [1.54, 1.807) is 0 Å². The monoisotopic (exact) mass is 1140 g/mol. The zero-order chi connectivity index (χ0) is 59.2. The highest BCUT2D eigenvalue weighted by atomic mass is 16.6. The van der Waals surface area contributed by atoms with E-state index in [1.165, 1.54) is 180 Å². The standard InChI is InChI=1S/C76H130O6/c1-4-7-10-13-16-19-22-24-26-28-30-32-34-36-37-38-39-41-42-44-46-48-50-52-54-57-60-63-66-69-75(78)81-72-73(71-80-74(77)68-65-62-59-56-21-18-15-12-9-6-3)82-76(79)70-67-64-61-58-55-53-51-49-47-45-43-40-35-33-31-29-27-25-23-20-17-14-11-8-5-2/h7-8,10-11,16-17,19-20,24-27,30-33,36-37,73H,4-6,9,12-15,18,21-23,28-29,34-35,38-72H2,1-3H3/b10-7-,11-8-,19-16-,20-17-,26-24-,27-25-,32-30-,33-31-,37-36-. The molecule has 82 heavy (non-hydrogen) atoms. The van der Waals surface area contributed by atoms with Crippen LogP contribution in [0.25, 0.3) is 0 Å². The lowest BCUT2D eigenvalue weighted by Gasteiger charge is -2.18. The van der Waals surface area contributed by atoms with E-state index < -0.39 is 6.10 Å². The summed E-state index contributed by atoms with van der Waals surface area (Å²) in [7, 11) is 0. The summed E-state index contributed by atoms with van der Waals surface area (Å²) in [6, 6.07) is 0. The predicted molar refractivity (Wildman–Crippen MR) is 357 cm³/mol. The van der Waals surface area contributed by atoms with Crippen molar-refractivity contribution < 1.29 is 28.6 Å². The smallest absolute Gasteiger partial charge is 0.306 e. The number of unbranched alkanes of at least 4 members (excludes halogenated alkanes) is 34. The number of hydrogen-bond acceptors (Lipinski definition) is 6. The van der Waals surface area contributed by atoms with Crippen LogP contribution in [0.1, 0.15) is 335 Å². The van der Waals surface area contributed by atoms with Gasteiger partial charge < -0.3 is 14.2 Å². The fourth-order valence-electron chi connectivity index (χ4n) is 9.88. The number of hydrogen-bond donors (Lipinski definition) is 0. The molecule has 6 heteroatoms. The lowest BCUT2D eigenvalue weighted by Crippen LogP contribution is -2.30. The van der Waals surface area contributed by atoms with E-state index in [1.807, 2.05) is 0 Å².